The maximum absolute atomic E-state index is 11.4. The molecule has 0 saturated carbocycles. The number of carbonyl (C=O) groups excluding carboxylic acids is 2. The fourth-order valence-electron chi connectivity index (χ4n) is 1.37. The number of amides is 2. The van der Waals surface area contributed by atoms with Crippen LogP contribution in [0.1, 0.15) is 11.5 Å². The molecule has 0 aromatic carbocycles. The van der Waals surface area contributed by atoms with E-state index in [1.807, 2.05) is 0 Å². The first-order chi connectivity index (χ1) is 11.2. The first-order valence-electron chi connectivity index (χ1n) is 6.52. The predicted molar refractivity (Wildman–Crippen MR) is 79.7 cm³/mol. The molecule has 2 rings (SSSR count). The summed E-state index contributed by atoms with van der Waals surface area (Å²) in [6.45, 7) is -0.629. The highest BCUT2D eigenvalue weighted by molar-refractivity contribution is 5.82. The van der Waals surface area contributed by atoms with Crippen LogP contribution >= 0.6 is 0 Å². The van der Waals surface area contributed by atoms with E-state index in [0.29, 0.717) is 11.5 Å². The van der Waals surface area contributed by atoms with E-state index in [1.165, 1.54) is 25.0 Å². The van der Waals surface area contributed by atoms with Crippen molar-refractivity contribution in [3.05, 3.63) is 48.3 Å². The van der Waals surface area contributed by atoms with Crippen molar-refractivity contribution >= 4 is 24.2 Å². The second-order valence-corrected chi connectivity index (χ2v) is 4.11. The van der Waals surface area contributed by atoms with Crippen molar-refractivity contribution < 1.29 is 23.2 Å². The van der Waals surface area contributed by atoms with Crippen LogP contribution in [0.15, 0.2) is 55.8 Å². The van der Waals surface area contributed by atoms with E-state index < -0.39 is 11.8 Å². The van der Waals surface area contributed by atoms with Crippen molar-refractivity contribution in [1.29, 1.82) is 0 Å². The largest absolute Gasteiger partial charge is 0.463 e. The lowest BCUT2D eigenvalue weighted by Gasteiger charge is -2.01. The normalized spacial score (nSPS) is 11.1. The van der Waals surface area contributed by atoms with Crippen LogP contribution in [0.2, 0.25) is 0 Å². The number of carbonyl (C=O) groups is 2. The third-order valence-corrected chi connectivity index (χ3v) is 2.31. The Morgan fingerprint density at radius 1 is 0.957 bits per heavy atom. The Hall–Kier alpha value is -3.20. The number of hydrazone groups is 2. The Morgan fingerprint density at radius 3 is 1.83 bits per heavy atom. The molecule has 0 aliphatic rings. The fraction of sp³-hybridized carbons (Fsp3) is 0.143. The van der Waals surface area contributed by atoms with E-state index >= 15 is 0 Å². The van der Waals surface area contributed by atoms with Gasteiger partial charge in [-0.25, -0.2) is 10.9 Å². The van der Waals surface area contributed by atoms with Crippen molar-refractivity contribution in [2.75, 3.05) is 13.2 Å². The number of furan rings is 2. The number of rotatable bonds is 8. The van der Waals surface area contributed by atoms with E-state index in [-0.39, 0.29) is 13.2 Å². The van der Waals surface area contributed by atoms with E-state index in [9.17, 15) is 9.59 Å². The zero-order valence-corrected chi connectivity index (χ0v) is 12.0. The van der Waals surface area contributed by atoms with Crippen LogP contribution in [0.5, 0.6) is 0 Å². The van der Waals surface area contributed by atoms with Gasteiger partial charge in [0.1, 0.15) is 24.7 Å². The zero-order valence-electron chi connectivity index (χ0n) is 12.0. The molecule has 0 saturated heterocycles. The van der Waals surface area contributed by atoms with Crippen LogP contribution in [-0.4, -0.2) is 37.5 Å². The quantitative estimate of drug-likeness (QED) is 0.542. The molecule has 2 heterocycles. The highest BCUT2D eigenvalue weighted by Gasteiger charge is 2.03. The Morgan fingerprint density at radius 2 is 1.43 bits per heavy atom. The lowest BCUT2D eigenvalue weighted by Crippen LogP contribution is -2.28. The van der Waals surface area contributed by atoms with E-state index in [1.54, 1.807) is 24.3 Å². The van der Waals surface area contributed by atoms with Crippen molar-refractivity contribution in [3.8, 4) is 0 Å². The minimum Gasteiger partial charge on any atom is -0.463 e. The molecule has 23 heavy (non-hydrogen) atoms. The number of nitrogens with zero attached hydrogens (tertiary/aromatic N) is 2. The Bertz CT molecular complexity index is 603. The highest BCUT2D eigenvalue weighted by Crippen LogP contribution is 1.95. The molecule has 120 valence electrons. The van der Waals surface area contributed by atoms with Crippen molar-refractivity contribution in [1.82, 2.24) is 10.9 Å². The van der Waals surface area contributed by atoms with Gasteiger partial charge in [0.15, 0.2) is 0 Å². The van der Waals surface area contributed by atoms with Gasteiger partial charge in [-0.05, 0) is 24.3 Å². The highest BCUT2D eigenvalue weighted by atomic mass is 16.5. The maximum atomic E-state index is 11.4. The number of hydrogen-bond acceptors (Lipinski definition) is 7. The summed E-state index contributed by atoms with van der Waals surface area (Å²) >= 11 is 0. The summed E-state index contributed by atoms with van der Waals surface area (Å²) in [5.41, 5.74) is 4.46. The van der Waals surface area contributed by atoms with Crippen LogP contribution in [-0.2, 0) is 14.3 Å². The number of ether oxygens (including phenoxy) is 1. The van der Waals surface area contributed by atoms with E-state index in [4.69, 9.17) is 13.6 Å². The van der Waals surface area contributed by atoms with Gasteiger partial charge in [0.2, 0.25) is 0 Å². The molecule has 2 amide bonds. The zero-order chi connectivity index (χ0) is 16.3. The molecule has 9 nitrogen and oxygen atoms in total. The molecular formula is C14H14N4O5. The standard InChI is InChI=1S/C14H14N4O5/c19-13(17-15-7-11-3-1-5-22-11)9-21-10-14(20)18-16-8-12-4-2-6-23-12/h1-8H,9-10H2,(H,17,19)(H,18,20)/b15-7-,16-8-. The first-order valence-corrected chi connectivity index (χ1v) is 6.52. The van der Waals surface area contributed by atoms with Gasteiger partial charge in [-0.15, -0.1) is 0 Å². The van der Waals surface area contributed by atoms with Crippen LogP contribution in [0.4, 0.5) is 0 Å². The van der Waals surface area contributed by atoms with Gasteiger partial charge < -0.3 is 13.6 Å². The SMILES string of the molecule is O=C(COCC(=O)N/N=C\c1ccco1)N/N=C\c1ccco1. The van der Waals surface area contributed by atoms with Crippen LogP contribution in [0.25, 0.3) is 0 Å². The lowest BCUT2D eigenvalue weighted by molar-refractivity contribution is -0.130. The lowest BCUT2D eigenvalue weighted by atomic mass is 10.5. The van der Waals surface area contributed by atoms with Gasteiger partial charge in [-0.3, -0.25) is 9.59 Å². The smallest absolute Gasteiger partial charge is 0.266 e. The van der Waals surface area contributed by atoms with Gasteiger partial charge in [0.25, 0.3) is 11.8 Å². The van der Waals surface area contributed by atoms with Crippen molar-refractivity contribution in [2.24, 2.45) is 10.2 Å². The molecule has 9 heteroatoms. The van der Waals surface area contributed by atoms with Crippen LogP contribution < -0.4 is 10.9 Å². The second kappa shape index (κ2) is 8.95. The molecule has 0 unspecified atom stereocenters. The molecule has 0 aliphatic carbocycles. The summed E-state index contributed by atoms with van der Waals surface area (Å²) in [6.07, 6.45) is 5.65. The summed E-state index contributed by atoms with van der Waals surface area (Å²) < 4.78 is 14.9. The van der Waals surface area contributed by atoms with Crippen LogP contribution in [0.3, 0.4) is 0 Å². The molecule has 0 bridgehead atoms. The minimum absolute atomic E-state index is 0.315. The van der Waals surface area contributed by atoms with Crippen molar-refractivity contribution in [3.63, 3.8) is 0 Å². The summed E-state index contributed by atoms with van der Waals surface area (Å²) in [7, 11) is 0. The van der Waals surface area contributed by atoms with E-state index in [2.05, 4.69) is 21.1 Å². The van der Waals surface area contributed by atoms with Gasteiger partial charge >= 0.3 is 0 Å². The molecule has 0 aliphatic heterocycles. The third-order valence-electron chi connectivity index (χ3n) is 2.31. The molecule has 2 N–H and O–H groups in total. The molecule has 0 radical (unpaired) electrons. The van der Waals surface area contributed by atoms with Gasteiger partial charge in [0, 0.05) is 0 Å². The number of hydrogen-bond donors (Lipinski definition) is 2. The Labute approximate surface area is 131 Å². The Balaban J connectivity index is 1.56. The van der Waals surface area contributed by atoms with Gasteiger partial charge in [-0.1, -0.05) is 0 Å². The summed E-state index contributed by atoms with van der Waals surface area (Å²) in [5, 5.41) is 7.31. The second-order valence-electron chi connectivity index (χ2n) is 4.11. The molecule has 0 atom stereocenters. The number of nitrogens with one attached hydrogen (secondary N) is 2. The van der Waals surface area contributed by atoms with E-state index in [0.717, 1.165) is 0 Å². The molecular weight excluding hydrogens is 304 g/mol. The van der Waals surface area contributed by atoms with Crippen molar-refractivity contribution in [2.45, 2.75) is 0 Å². The molecule has 0 spiro atoms. The average Bonchev–Trinajstić information content (AvgIpc) is 3.20. The predicted octanol–water partition coefficient (Wildman–Crippen LogP) is 0.490. The van der Waals surface area contributed by atoms with Crippen LogP contribution in [0, 0.1) is 0 Å². The summed E-state index contributed by atoms with van der Waals surface area (Å²) in [6, 6.07) is 6.75. The monoisotopic (exact) mass is 318 g/mol. The van der Waals surface area contributed by atoms with Gasteiger partial charge in [0.05, 0.1) is 25.0 Å². The minimum atomic E-state index is -0.500. The Kier molecular flexibility index (Phi) is 6.29. The molecule has 2 aromatic rings. The maximum Gasteiger partial charge on any atom is 0.266 e. The average molecular weight is 318 g/mol. The van der Waals surface area contributed by atoms with Gasteiger partial charge in [-0.2, -0.15) is 10.2 Å². The topological polar surface area (TPSA) is 118 Å². The molecule has 2 aromatic heterocycles. The summed E-state index contributed by atoms with van der Waals surface area (Å²) in [5.74, 6) is -0.000541. The summed E-state index contributed by atoms with van der Waals surface area (Å²) in [4.78, 5) is 22.7. The first kappa shape index (κ1) is 16.2. The third kappa shape index (κ3) is 6.40. The fourth-order valence-corrected chi connectivity index (χ4v) is 1.37. The molecule has 0 fully saturated rings.